The number of rotatable bonds is 7. The molecule has 0 bridgehead atoms. The van der Waals surface area contributed by atoms with Crippen LogP contribution >= 0.6 is 0 Å². The van der Waals surface area contributed by atoms with Crippen molar-refractivity contribution in [1.82, 2.24) is 25.7 Å². The van der Waals surface area contributed by atoms with Crippen LogP contribution in [0.25, 0.3) is 10.9 Å². The summed E-state index contributed by atoms with van der Waals surface area (Å²) >= 11 is 0. The highest BCUT2D eigenvalue weighted by molar-refractivity contribution is 6.04. The zero-order chi connectivity index (χ0) is 17.6. The minimum Gasteiger partial charge on any atom is -0.350 e. The highest BCUT2D eigenvalue weighted by Crippen LogP contribution is 2.15. The van der Waals surface area contributed by atoms with Crippen molar-refractivity contribution in [2.45, 2.75) is 32.2 Å². The number of H-pyrrole nitrogens is 1. The number of hydrogen-bond acceptors (Lipinski definition) is 4. The molecule has 0 radical (unpaired) electrons. The molecule has 7 nitrogen and oxygen atoms in total. The number of carbonyl (C=O) groups excluding carboxylic acids is 2. The third-order valence-electron chi connectivity index (χ3n) is 4.57. The van der Waals surface area contributed by atoms with Crippen molar-refractivity contribution in [2.24, 2.45) is 0 Å². The van der Waals surface area contributed by atoms with Crippen molar-refractivity contribution in [3.63, 3.8) is 0 Å². The van der Waals surface area contributed by atoms with Crippen molar-refractivity contribution in [1.29, 1.82) is 0 Å². The summed E-state index contributed by atoms with van der Waals surface area (Å²) in [4.78, 5) is 26.8. The molecule has 7 heteroatoms. The average Bonchev–Trinajstić information content (AvgIpc) is 3.29. The van der Waals surface area contributed by atoms with Gasteiger partial charge in [0.15, 0.2) is 5.69 Å². The molecule has 1 aromatic carbocycles. The normalized spacial score (nSPS) is 16.9. The maximum atomic E-state index is 12.5. The summed E-state index contributed by atoms with van der Waals surface area (Å²) in [6, 6.07) is 7.77. The SMILES string of the molecule is CCCN(C(=O)CCNC(=O)c1n[nH]c2ccccc12)C1CCNC1. The number of benzene rings is 1. The van der Waals surface area contributed by atoms with Gasteiger partial charge in [0.25, 0.3) is 5.91 Å². The molecule has 1 aliphatic rings. The van der Waals surface area contributed by atoms with Gasteiger partial charge < -0.3 is 15.5 Å². The van der Waals surface area contributed by atoms with Crippen LogP contribution < -0.4 is 10.6 Å². The number of nitrogens with zero attached hydrogens (tertiary/aromatic N) is 2. The van der Waals surface area contributed by atoms with E-state index in [2.05, 4.69) is 27.8 Å². The van der Waals surface area contributed by atoms with Gasteiger partial charge >= 0.3 is 0 Å². The Morgan fingerprint density at radius 3 is 2.96 bits per heavy atom. The van der Waals surface area contributed by atoms with Crippen molar-refractivity contribution in [2.75, 3.05) is 26.2 Å². The van der Waals surface area contributed by atoms with E-state index in [-0.39, 0.29) is 17.9 Å². The van der Waals surface area contributed by atoms with E-state index in [9.17, 15) is 9.59 Å². The third-order valence-corrected chi connectivity index (χ3v) is 4.57. The number of aromatic amines is 1. The molecule has 134 valence electrons. The lowest BCUT2D eigenvalue weighted by molar-refractivity contribution is -0.133. The summed E-state index contributed by atoms with van der Waals surface area (Å²) in [5, 5.41) is 13.8. The Bertz CT molecular complexity index is 736. The largest absolute Gasteiger partial charge is 0.350 e. The summed E-state index contributed by atoms with van der Waals surface area (Å²) in [5.41, 5.74) is 1.19. The van der Waals surface area contributed by atoms with Crippen LogP contribution in [0.5, 0.6) is 0 Å². The fourth-order valence-electron chi connectivity index (χ4n) is 3.30. The molecule has 1 aliphatic heterocycles. The van der Waals surface area contributed by atoms with E-state index in [0.29, 0.717) is 18.7 Å². The Morgan fingerprint density at radius 2 is 2.20 bits per heavy atom. The van der Waals surface area contributed by atoms with Crippen molar-refractivity contribution in [3.05, 3.63) is 30.0 Å². The molecule has 0 spiro atoms. The van der Waals surface area contributed by atoms with E-state index in [0.717, 1.165) is 43.4 Å². The second-order valence-electron chi connectivity index (χ2n) is 6.36. The summed E-state index contributed by atoms with van der Waals surface area (Å²) in [6.07, 6.45) is 2.25. The molecular formula is C18H25N5O2. The number of carbonyl (C=O) groups is 2. The van der Waals surface area contributed by atoms with Crippen LogP contribution in [-0.2, 0) is 4.79 Å². The maximum absolute atomic E-state index is 12.5. The van der Waals surface area contributed by atoms with Crippen LogP contribution in [0, 0.1) is 0 Å². The lowest BCUT2D eigenvalue weighted by Crippen LogP contribution is -2.43. The Kier molecular flexibility index (Phi) is 5.65. The first kappa shape index (κ1) is 17.4. The van der Waals surface area contributed by atoms with Gasteiger partial charge in [0.1, 0.15) is 0 Å². The van der Waals surface area contributed by atoms with Crippen LogP contribution in [0.1, 0.15) is 36.7 Å². The Morgan fingerprint density at radius 1 is 1.36 bits per heavy atom. The summed E-state index contributed by atoms with van der Waals surface area (Å²) in [7, 11) is 0. The third kappa shape index (κ3) is 3.99. The molecule has 1 unspecified atom stereocenters. The molecule has 0 saturated carbocycles. The molecule has 0 aliphatic carbocycles. The molecule has 2 aromatic rings. The lowest BCUT2D eigenvalue weighted by Gasteiger charge is -2.28. The molecule has 1 aromatic heterocycles. The monoisotopic (exact) mass is 343 g/mol. The van der Waals surface area contributed by atoms with Gasteiger partial charge in [-0.25, -0.2) is 0 Å². The van der Waals surface area contributed by atoms with E-state index in [1.54, 1.807) is 0 Å². The number of hydrogen-bond donors (Lipinski definition) is 3. The first-order valence-electron chi connectivity index (χ1n) is 8.92. The van der Waals surface area contributed by atoms with E-state index >= 15 is 0 Å². The van der Waals surface area contributed by atoms with Crippen molar-refractivity contribution >= 4 is 22.7 Å². The predicted octanol–water partition coefficient (Wildman–Crippen LogP) is 1.28. The van der Waals surface area contributed by atoms with Crippen LogP contribution in [0.3, 0.4) is 0 Å². The molecule has 3 N–H and O–H groups in total. The van der Waals surface area contributed by atoms with Crippen LogP contribution in [0.2, 0.25) is 0 Å². The Labute approximate surface area is 147 Å². The summed E-state index contributed by atoms with van der Waals surface area (Å²) < 4.78 is 0. The van der Waals surface area contributed by atoms with Crippen molar-refractivity contribution in [3.8, 4) is 0 Å². The first-order valence-corrected chi connectivity index (χ1v) is 8.92. The van der Waals surface area contributed by atoms with Gasteiger partial charge in [0.05, 0.1) is 5.52 Å². The van der Waals surface area contributed by atoms with Crippen molar-refractivity contribution < 1.29 is 9.59 Å². The first-order chi connectivity index (χ1) is 12.2. The standard InChI is InChI=1S/C18H25N5O2/c1-2-11-23(13-7-9-19-12-13)16(24)8-10-20-18(25)17-14-5-3-4-6-15(14)21-22-17/h3-6,13,19H,2,7-12H2,1H3,(H,20,25)(H,21,22). The topological polar surface area (TPSA) is 90.1 Å². The van der Waals surface area contributed by atoms with Crippen LogP contribution in [-0.4, -0.2) is 59.1 Å². The molecule has 1 fully saturated rings. The lowest BCUT2D eigenvalue weighted by atomic mass is 10.2. The number of nitrogens with one attached hydrogen (secondary N) is 3. The van der Waals surface area contributed by atoms with E-state index in [1.807, 2.05) is 29.2 Å². The second-order valence-corrected chi connectivity index (χ2v) is 6.36. The number of amides is 2. The number of fused-ring (bicyclic) bond motifs is 1. The quantitative estimate of drug-likeness (QED) is 0.706. The molecular weight excluding hydrogens is 318 g/mol. The zero-order valence-corrected chi connectivity index (χ0v) is 14.5. The maximum Gasteiger partial charge on any atom is 0.272 e. The van der Waals surface area contributed by atoms with Gasteiger partial charge in [-0.2, -0.15) is 5.10 Å². The van der Waals surface area contributed by atoms with Gasteiger partial charge in [0, 0.05) is 37.5 Å². The molecule has 1 saturated heterocycles. The molecule has 2 heterocycles. The molecule has 3 rings (SSSR count). The molecule has 1 atom stereocenters. The Balaban J connectivity index is 1.54. The molecule has 25 heavy (non-hydrogen) atoms. The van der Waals surface area contributed by atoms with Crippen LogP contribution in [0.15, 0.2) is 24.3 Å². The highest BCUT2D eigenvalue weighted by Gasteiger charge is 2.25. The van der Waals surface area contributed by atoms with Crippen LogP contribution in [0.4, 0.5) is 0 Å². The fourth-order valence-corrected chi connectivity index (χ4v) is 3.30. The van der Waals surface area contributed by atoms with E-state index in [4.69, 9.17) is 0 Å². The van der Waals surface area contributed by atoms with E-state index < -0.39 is 0 Å². The van der Waals surface area contributed by atoms with Gasteiger partial charge in [-0.15, -0.1) is 0 Å². The minimum absolute atomic E-state index is 0.0998. The highest BCUT2D eigenvalue weighted by atomic mass is 16.2. The summed E-state index contributed by atoms with van der Waals surface area (Å²) in [5.74, 6) is -0.155. The fraction of sp³-hybridized carbons (Fsp3) is 0.500. The molecule has 2 amide bonds. The van der Waals surface area contributed by atoms with E-state index in [1.165, 1.54) is 0 Å². The van der Waals surface area contributed by atoms with Gasteiger partial charge in [-0.3, -0.25) is 14.7 Å². The average molecular weight is 343 g/mol. The minimum atomic E-state index is -0.255. The number of para-hydroxylation sites is 1. The smallest absolute Gasteiger partial charge is 0.272 e. The van der Waals surface area contributed by atoms with Gasteiger partial charge in [-0.1, -0.05) is 25.1 Å². The summed E-state index contributed by atoms with van der Waals surface area (Å²) in [6.45, 7) is 4.98. The predicted molar refractivity (Wildman–Crippen MR) is 96.3 cm³/mol. The second kappa shape index (κ2) is 8.11. The Hall–Kier alpha value is -2.41. The zero-order valence-electron chi connectivity index (χ0n) is 14.5. The van der Waals surface area contributed by atoms with Gasteiger partial charge in [0.2, 0.25) is 5.91 Å². The van der Waals surface area contributed by atoms with Gasteiger partial charge in [-0.05, 0) is 25.5 Å². The number of aromatic nitrogens is 2.